The molecule has 0 heterocycles. The van der Waals surface area contributed by atoms with Crippen molar-refractivity contribution in [2.24, 2.45) is 0 Å². The molecule has 1 aromatic carbocycles. The van der Waals surface area contributed by atoms with E-state index in [1.807, 2.05) is 5.32 Å². The SMILES string of the molecule is COc1ccc(C(=O)N[C@H](C(=O)O)[C@@H](C)O)c(F)c1. The number of carboxylic acids is 1. The topological polar surface area (TPSA) is 95.9 Å². The predicted molar refractivity (Wildman–Crippen MR) is 63.5 cm³/mol. The van der Waals surface area contributed by atoms with Crippen molar-refractivity contribution in [3.63, 3.8) is 0 Å². The number of benzene rings is 1. The summed E-state index contributed by atoms with van der Waals surface area (Å²) < 4.78 is 18.4. The molecule has 0 aliphatic rings. The maximum atomic E-state index is 13.6. The molecule has 0 unspecified atom stereocenters. The minimum atomic E-state index is -1.51. The summed E-state index contributed by atoms with van der Waals surface area (Å²) in [6.45, 7) is 1.21. The van der Waals surface area contributed by atoms with Gasteiger partial charge in [0.2, 0.25) is 0 Å². The van der Waals surface area contributed by atoms with Crippen LogP contribution >= 0.6 is 0 Å². The first kappa shape index (κ1) is 14.9. The number of amides is 1. The molecule has 19 heavy (non-hydrogen) atoms. The summed E-state index contributed by atoms with van der Waals surface area (Å²) in [6, 6.07) is 2.04. The molecule has 2 atom stereocenters. The smallest absolute Gasteiger partial charge is 0.328 e. The van der Waals surface area contributed by atoms with Crippen LogP contribution in [0.15, 0.2) is 18.2 Å². The number of hydrogen-bond donors (Lipinski definition) is 3. The molecular formula is C12H14FNO5. The van der Waals surface area contributed by atoms with Crippen LogP contribution in [0.5, 0.6) is 5.75 Å². The number of carbonyl (C=O) groups is 2. The second-order valence-corrected chi connectivity index (χ2v) is 3.88. The van der Waals surface area contributed by atoms with Gasteiger partial charge in [0.15, 0.2) is 6.04 Å². The van der Waals surface area contributed by atoms with Crippen LogP contribution in [0.4, 0.5) is 4.39 Å². The van der Waals surface area contributed by atoms with Gasteiger partial charge < -0.3 is 20.3 Å². The first-order valence-electron chi connectivity index (χ1n) is 5.42. The number of rotatable bonds is 5. The lowest BCUT2D eigenvalue weighted by Crippen LogP contribution is -2.47. The number of methoxy groups -OCH3 is 1. The Balaban J connectivity index is 2.91. The normalized spacial score (nSPS) is 13.5. The number of carboxylic acid groups (broad SMARTS) is 1. The molecule has 1 rings (SSSR count). The zero-order chi connectivity index (χ0) is 14.6. The highest BCUT2D eigenvalue weighted by molar-refractivity contribution is 5.97. The first-order chi connectivity index (χ1) is 8.86. The molecule has 0 aliphatic carbocycles. The Morgan fingerprint density at radius 3 is 2.47 bits per heavy atom. The van der Waals surface area contributed by atoms with Crippen molar-refractivity contribution >= 4 is 11.9 Å². The van der Waals surface area contributed by atoms with Crippen molar-refractivity contribution < 1.29 is 28.9 Å². The molecule has 6 nitrogen and oxygen atoms in total. The summed E-state index contributed by atoms with van der Waals surface area (Å²) in [5, 5.41) is 20.1. The van der Waals surface area contributed by atoms with Crippen LogP contribution in [0.2, 0.25) is 0 Å². The van der Waals surface area contributed by atoms with Gasteiger partial charge in [-0.05, 0) is 19.1 Å². The van der Waals surface area contributed by atoms with Gasteiger partial charge in [0, 0.05) is 6.07 Å². The van der Waals surface area contributed by atoms with Gasteiger partial charge in [-0.2, -0.15) is 0 Å². The Morgan fingerprint density at radius 1 is 1.42 bits per heavy atom. The monoisotopic (exact) mass is 271 g/mol. The van der Waals surface area contributed by atoms with E-state index in [2.05, 4.69) is 0 Å². The van der Waals surface area contributed by atoms with Gasteiger partial charge in [0.25, 0.3) is 5.91 Å². The van der Waals surface area contributed by atoms with Crippen LogP contribution in [-0.4, -0.2) is 41.3 Å². The minimum Gasteiger partial charge on any atom is -0.497 e. The van der Waals surface area contributed by atoms with Crippen LogP contribution in [0.25, 0.3) is 0 Å². The second-order valence-electron chi connectivity index (χ2n) is 3.88. The Hall–Kier alpha value is -2.15. The molecule has 0 saturated carbocycles. The third-order valence-corrected chi connectivity index (χ3v) is 2.46. The van der Waals surface area contributed by atoms with Gasteiger partial charge in [0.1, 0.15) is 11.6 Å². The van der Waals surface area contributed by atoms with E-state index < -0.39 is 29.8 Å². The highest BCUT2D eigenvalue weighted by Gasteiger charge is 2.26. The van der Waals surface area contributed by atoms with Crippen molar-refractivity contribution in [3.05, 3.63) is 29.6 Å². The lowest BCUT2D eigenvalue weighted by molar-refractivity contribution is -0.141. The fraction of sp³-hybridized carbons (Fsp3) is 0.333. The quantitative estimate of drug-likeness (QED) is 0.720. The number of carbonyl (C=O) groups excluding carboxylic acids is 1. The summed E-state index contributed by atoms with van der Waals surface area (Å²) in [4.78, 5) is 22.5. The summed E-state index contributed by atoms with van der Waals surface area (Å²) in [5.41, 5.74) is -0.326. The van der Waals surface area contributed by atoms with Crippen molar-refractivity contribution in [3.8, 4) is 5.75 Å². The Labute approximate surface area is 108 Å². The van der Waals surface area contributed by atoms with Crippen molar-refractivity contribution in [2.45, 2.75) is 19.1 Å². The number of halogens is 1. The van der Waals surface area contributed by atoms with E-state index in [0.29, 0.717) is 0 Å². The van der Waals surface area contributed by atoms with Gasteiger partial charge in [-0.25, -0.2) is 9.18 Å². The average molecular weight is 271 g/mol. The van der Waals surface area contributed by atoms with Crippen LogP contribution < -0.4 is 10.1 Å². The summed E-state index contributed by atoms with van der Waals surface area (Å²) in [5.74, 6) is -2.93. The summed E-state index contributed by atoms with van der Waals surface area (Å²) >= 11 is 0. The van der Waals surface area contributed by atoms with Gasteiger partial charge >= 0.3 is 5.97 Å². The molecule has 1 aromatic rings. The highest BCUT2D eigenvalue weighted by Crippen LogP contribution is 2.16. The molecule has 0 saturated heterocycles. The van der Waals surface area contributed by atoms with Crippen LogP contribution in [-0.2, 0) is 4.79 Å². The van der Waals surface area contributed by atoms with E-state index >= 15 is 0 Å². The minimum absolute atomic E-state index is 0.236. The van der Waals surface area contributed by atoms with Crippen molar-refractivity contribution in [1.82, 2.24) is 5.32 Å². The molecule has 1 amide bonds. The van der Waals surface area contributed by atoms with Gasteiger partial charge in [-0.3, -0.25) is 4.79 Å². The first-order valence-corrected chi connectivity index (χ1v) is 5.42. The van der Waals surface area contributed by atoms with E-state index in [9.17, 15) is 19.1 Å². The molecule has 104 valence electrons. The zero-order valence-electron chi connectivity index (χ0n) is 10.4. The van der Waals surface area contributed by atoms with E-state index in [0.717, 1.165) is 6.07 Å². The summed E-state index contributed by atoms with van der Waals surface area (Å²) in [7, 11) is 1.35. The van der Waals surface area contributed by atoms with Crippen LogP contribution in [0.3, 0.4) is 0 Å². The number of nitrogens with one attached hydrogen (secondary N) is 1. The second kappa shape index (κ2) is 6.14. The molecule has 3 N–H and O–H groups in total. The van der Waals surface area contributed by atoms with E-state index in [1.54, 1.807) is 0 Å². The molecular weight excluding hydrogens is 257 g/mol. The molecule has 0 spiro atoms. The Kier molecular flexibility index (Phi) is 4.82. The van der Waals surface area contributed by atoms with Crippen molar-refractivity contribution in [2.75, 3.05) is 7.11 Å². The third-order valence-electron chi connectivity index (χ3n) is 2.46. The zero-order valence-corrected chi connectivity index (χ0v) is 10.4. The molecule has 0 fully saturated rings. The van der Waals surface area contributed by atoms with Crippen LogP contribution in [0, 0.1) is 5.82 Å². The number of ether oxygens (including phenoxy) is 1. The van der Waals surface area contributed by atoms with Gasteiger partial charge in [-0.15, -0.1) is 0 Å². The molecule has 7 heteroatoms. The lowest BCUT2D eigenvalue weighted by Gasteiger charge is -2.17. The largest absolute Gasteiger partial charge is 0.497 e. The standard InChI is InChI=1S/C12H14FNO5/c1-6(15)10(12(17)18)14-11(16)8-4-3-7(19-2)5-9(8)13/h3-6,10,15H,1-2H3,(H,14,16)(H,17,18)/t6-,10+/m1/s1. The van der Waals surface area contributed by atoms with E-state index in [4.69, 9.17) is 9.84 Å². The van der Waals surface area contributed by atoms with Crippen molar-refractivity contribution in [1.29, 1.82) is 0 Å². The fourth-order valence-electron chi connectivity index (χ4n) is 1.41. The Morgan fingerprint density at radius 2 is 2.05 bits per heavy atom. The number of aliphatic carboxylic acids is 1. The predicted octanol–water partition coefficient (Wildman–Crippen LogP) is 0.398. The number of aliphatic hydroxyl groups is 1. The number of hydrogen-bond acceptors (Lipinski definition) is 4. The number of aliphatic hydroxyl groups excluding tert-OH is 1. The molecule has 0 aliphatic heterocycles. The molecule has 0 radical (unpaired) electrons. The maximum absolute atomic E-state index is 13.6. The highest BCUT2D eigenvalue weighted by atomic mass is 19.1. The lowest BCUT2D eigenvalue weighted by atomic mass is 10.1. The molecule has 0 aromatic heterocycles. The average Bonchev–Trinajstić information content (AvgIpc) is 2.34. The van der Waals surface area contributed by atoms with E-state index in [-0.39, 0.29) is 11.3 Å². The third kappa shape index (κ3) is 3.65. The van der Waals surface area contributed by atoms with Crippen LogP contribution in [0.1, 0.15) is 17.3 Å². The maximum Gasteiger partial charge on any atom is 0.328 e. The van der Waals surface area contributed by atoms with Gasteiger partial charge in [0.05, 0.1) is 18.8 Å². The Bertz CT molecular complexity index is 489. The summed E-state index contributed by atoms with van der Waals surface area (Å²) in [6.07, 6.45) is -1.30. The van der Waals surface area contributed by atoms with Gasteiger partial charge in [-0.1, -0.05) is 0 Å². The molecule has 0 bridgehead atoms. The fourth-order valence-corrected chi connectivity index (χ4v) is 1.41. The van der Waals surface area contributed by atoms with E-state index in [1.165, 1.54) is 26.2 Å².